The Balaban J connectivity index is 0.00000140. The zero-order chi connectivity index (χ0) is 17.9. The van der Waals surface area contributed by atoms with E-state index in [4.69, 9.17) is 5.73 Å². The fourth-order valence-electron chi connectivity index (χ4n) is 2.96. The van der Waals surface area contributed by atoms with Crippen molar-refractivity contribution in [3.63, 3.8) is 0 Å². The molecule has 0 aliphatic rings. The average molecular weight is 349 g/mol. The van der Waals surface area contributed by atoms with Crippen molar-refractivity contribution in [2.24, 2.45) is 0 Å². The number of nitrogen functional groups attached to an aromatic ring is 1. The van der Waals surface area contributed by atoms with Gasteiger partial charge in [-0.25, -0.2) is 19.5 Å². The Morgan fingerprint density at radius 2 is 1.96 bits per heavy atom. The first-order valence-electron chi connectivity index (χ1n) is 8.46. The fraction of sp³-hybridized carbons (Fsp3) is 0.158. The van der Waals surface area contributed by atoms with Gasteiger partial charge in [0.1, 0.15) is 12.1 Å². The van der Waals surface area contributed by atoms with Crippen molar-refractivity contribution >= 4 is 17.3 Å². The number of rotatable bonds is 5. The van der Waals surface area contributed by atoms with Gasteiger partial charge < -0.3 is 10.6 Å². The molecule has 134 valence electrons. The predicted molar refractivity (Wildman–Crippen MR) is 106 cm³/mol. The van der Waals surface area contributed by atoms with Gasteiger partial charge in [0, 0.05) is 34.4 Å². The largest absolute Gasteiger partial charge is 0.382 e. The van der Waals surface area contributed by atoms with E-state index in [9.17, 15) is 0 Å². The molecular formula is C19H23N7. The first-order chi connectivity index (χ1) is 12.8. The van der Waals surface area contributed by atoms with Gasteiger partial charge in [0.25, 0.3) is 0 Å². The van der Waals surface area contributed by atoms with Crippen LogP contribution in [-0.2, 0) is 6.54 Å². The van der Waals surface area contributed by atoms with Gasteiger partial charge in [0.2, 0.25) is 0 Å². The van der Waals surface area contributed by atoms with E-state index in [-0.39, 0.29) is 2.85 Å². The summed E-state index contributed by atoms with van der Waals surface area (Å²) in [5, 5.41) is 4.31. The highest BCUT2D eigenvalue weighted by molar-refractivity contribution is 5.84. The molecule has 0 amide bonds. The molecule has 0 bridgehead atoms. The van der Waals surface area contributed by atoms with Crippen molar-refractivity contribution in [1.29, 1.82) is 0 Å². The van der Waals surface area contributed by atoms with Crippen LogP contribution in [0.5, 0.6) is 0 Å². The van der Waals surface area contributed by atoms with Crippen LogP contribution in [0.4, 0.5) is 11.6 Å². The van der Waals surface area contributed by atoms with Gasteiger partial charge in [-0.1, -0.05) is 30.3 Å². The minimum absolute atomic E-state index is 0. The molecule has 0 spiro atoms. The quantitative estimate of drug-likeness (QED) is 0.595. The number of nitrogens with two attached hydrogens (primary N) is 1. The zero-order valence-electron chi connectivity index (χ0n) is 14.4. The lowest BCUT2D eigenvalue weighted by Gasteiger charge is -2.22. The van der Waals surface area contributed by atoms with Crippen molar-refractivity contribution in [1.82, 2.24) is 24.6 Å². The van der Waals surface area contributed by atoms with Gasteiger partial charge in [-0.15, -0.1) is 5.10 Å². The Morgan fingerprint density at radius 1 is 1.12 bits per heavy atom. The number of fused-ring (bicyclic) bond motifs is 1. The van der Waals surface area contributed by atoms with Crippen molar-refractivity contribution in [2.75, 3.05) is 17.2 Å². The molecule has 1 aromatic carbocycles. The number of hydrogen-bond donors (Lipinski definition) is 1. The summed E-state index contributed by atoms with van der Waals surface area (Å²) in [6.45, 7) is 3.71. The Morgan fingerprint density at radius 3 is 2.77 bits per heavy atom. The molecule has 0 atom stereocenters. The predicted octanol–water partition coefficient (Wildman–Crippen LogP) is 3.29. The summed E-state index contributed by atoms with van der Waals surface area (Å²) >= 11 is 0. The van der Waals surface area contributed by atoms with Gasteiger partial charge in [-0.3, -0.25) is 0 Å². The Hall–Kier alpha value is -3.48. The summed E-state index contributed by atoms with van der Waals surface area (Å²) in [5.41, 5.74) is 9.47. The van der Waals surface area contributed by atoms with E-state index in [1.165, 1.54) is 5.56 Å². The highest BCUT2D eigenvalue weighted by Crippen LogP contribution is 2.29. The highest BCUT2D eigenvalue weighted by atomic mass is 15.3. The van der Waals surface area contributed by atoms with Gasteiger partial charge in [0.15, 0.2) is 11.5 Å². The molecule has 7 heteroatoms. The maximum atomic E-state index is 6.12. The smallest absolute Gasteiger partial charge is 0.166 e. The van der Waals surface area contributed by atoms with E-state index in [2.05, 4.69) is 44.0 Å². The van der Waals surface area contributed by atoms with Crippen LogP contribution in [-0.4, -0.2) is 31.1 Å². The minimum atomic E-state index is 0. The van der Waals surface area contributed by atoms with Crippen molar-refractivity contribution < 1.29 is 2.85 Å². The fourth-order valence-corrected chi connectivity index (χ4v) is 2.96. The third-order valence-corrected chi connectivity index (χ3v) is 4.25. The lowest BCUT2D eigenvalue weighted by molar-refractivity contribution is 0.810. The van der Waals surface area contributed by atoms with Crippen molar-refractivity contribution in [3.05, 3.63) is 66.7 Å². The first-order valence-corrected chi connectivity index (χ1v) is 8.46. The lowest BCUT2D eigenvalue weighted by Crippen LogP contribution is -2.23. The second-order valence-corrected chi connectivity index (χ2v) is 5.91. The Kier molecular flexibility index (Phi) is 4.18. The maximum absolute atomic E-state index is 6.12. The van der Waals surface area contributed by atoms with Crippen LogP contribution in [0, 0.1) is 0 Å². The Bertz CT molecular complexity index is 1040. The van der Waals surface area contributed by atoms with E-state index >= 15 is 0 Å². The molecule has 0 saturated heterocycles. The average Bonchev–Trinajstić information content (AvgIpc) is 3.02. The number of nitrogens with zero attached hydrogens (tertiary/aromatic N) is 6. The molecule has 0 aliphatic carbocycles. The molecule has 3 heterocycles. The summed E-state index contributed by atoms with van der Waals surface area (Å²) in [6.07, 6.45) is 5.10. The normalized spacial score (nSPS) is 11.0. The van der Waals surface area contributed by atoms with Crippen LogP contribution in [0.15, 0.2) is 61.2 Å². The van der Waals surface area contributed by atoms with Gasteiger partial charge in [-0.2, -0.15) is 0 Å². The molecule has 7 nitrogen and oxygen atoms in total. The van der Waals surface area contributed by atoms with E-state index < -0.39 is 0 Å². The van der Waals surface area contributed by atoms with Crippen LogP contribution in [0.25, 0.3) is 16.9 Å². The SMILES string of the molecule is CCN(Cc1ccccc1)c1cc(-c2c(N)nn3cccnc23)ncn1.[HH].[HH]. The number of aromatic nitrogens is 5. The maximum Gasteiger partial charge on any atom is 0.166 e. The number of hydrogen-bond acceptors (Lipinski definition) is 6. The number of anilines is 2. The molecule has 0 aliphatic heterocycles. The summed E-state index contributed by atoms with van der Waals surface area (Å²) < 4.78 is 1.66. The molecule has 0 unspecified atom stereocenters. The number of benzene rings is 1. The summed E-state index contributed by atoms with van der Waals surface area (Å²) in [5.74, 6) is 1.25. The van der Waals surface area contributed by atoms with Crippen LogP contribution < -0.4 is 10.6 Å². The van der Waals surface area contributed by atoms with Crippen LogP contribution in [0.1, 0.15) is 15.3 Å². The van der Waals surface area contributed by atoms with Crippen LogP contribution >= 0.6 is 0 Å². The molecule has 0 saturated carbocycles. The molecular weight excluding hydrogens is 326 g/mol. The zero-order valence-corrected chi connectivity index (χ0v) is 14.4. The van der Waals surface area contributed by atoms with Gasteiger partial charge >= 0.3 is 0 Å². The van der Waals surface area contributed by atoms with Gasteiger partial charge in [-0.05, 0) is 18.6 Å². The lowest BCUT2D eigenvalue weighted by atomic mass is 10.2. The third kappa shape index (κ3) is 2.95. The van der Waals surface area contributed by atoms with Crippen molar-refractivity contribution in [3.8, 4) is 11.3 Å². The molecule has 3 aromatic heterocycles. The highest BCUT2D eigenvalue weighted by Gasteiger charge is 2.16. The minimum Gasteiger partial charge on any atom is -0.382 e. The van der Waals surface area contributed by atoms with E-state index in [1.54, 1.807) is 17.0 Å². The third-order valence-electron chi connectivity index (χ3n) is 4.25. The molecule has 4 aromatic rings. The monoisotopic (exact) mass is 349 g/mol. The first kappa shape index (κ1) is 16.0. The summed E-state index contributed by atoms with van der Waals surface area (Å²) in [6, 6.07) is 14.1. The van der Waals surface area contributed by atoms with E-state index in [1.807, 2.05) is 36.5 Å². The summed E-state index contributed by atoms with van der Waals surface area (Å²) in [7, 11) is 0. The molecule has 0 radical (unpaired) electrons. The second kappa shape index (κ2) is 6.79. The summed E-state index contributed by atoms with van der Waals surface area (Å²) in [4.78, 5) is 15.4. The van der Waals surface area contributed by atoms with E-state index in [0.717, 1.165) is 24.5 Å². The van der Waals surface area contributed by atoms with Crippen molar-refractivity contribution in [2.45, 2.75) is 13.5 Å². The topological polar surface area (TPSA) is 85.2 Å². The Labute approximate surface area is 154 Å². The van der Waals surface area contributed by atoms with E-state index in [0.29, 0.717) is 17.2 Å². The second-order valence-electron chi connectivity index (χ2n) is 5.91. The standard InChI is InChI=1S/C19H19N7.2H2/c1-2-25(12-14-7-4-3-5-8-14)16-11-15(22-13-23-16)17-18(20)24-26-10-6-9-21-19(17)26;;/h3-11,13H,2,12H2,1H3,(H2,20,24);2*1H. The molecule has 2 N–H and O–H groups in total. The molecule has 0 fully saturated rings. The molecule has 26 heavy (non-hydrogen) atoms. The van der Waals surface area contributed by atoms with Gasteiger partial charge in [0.05, 0.1) is 11.3 Å². The molecule has 4 rings (SSSR count). The van der Waals surface area contributed by atoms with Crippen LogP contribution in [0.2, 0.25) is 0 Å². The van der Waals surface area contributed by atoms with Crippen LogP contribution in [0.3, 0.4) is 0 Å².